The second-order valence-corrected chi connectivity index (χ2v) is 6.59. The quantitative estimate of drug-likeness (QED) is 0.902. The Morgan fingerprint density at radius 2 is 2.29 bits per heavy atom. The topological polar surface area (TPSA) is 81.8 Å². The number of aliphatic hydroxyl groups excluding tert-OH is 1. The first-order valence-corrected chi connectivity index (χ1v) is 8.26. The van der Waals surface area contributed by atoms with Gasteiger partial charge in [0.1, 0.15) is 5.52 Å². The summed E-state index contributed by atoms with van der Waals surface area (Å²) in [6.45, 7) is 3.08. The molecule has 0 aliphatic carbocycles. The van der Waals surface area contributed by atoms with Crippen molar-refractivity contribution >= 4 is 28.8 Å². The van der Waals surface area contributed by atoms with Crippen molar-refractivity contribution in [1.29, 1.82) is 0 Å². The third-order valence-electron chi connectivity index (χ3n) is 4.44. The fourth-order valence-electron chi connectivity index (χ4n) is 2.97. The van der Waals surface area contributed by atoms with Crippen molar-refractivity contribution in [3.63, 3.8) is 0 Å². The summed E-state index contributed by atoms with van der Waals surface area (Å²) < 4.78 is 5.66. The molecule has 1 saturated heterocycles. The highest BCUT2D eigenvalue weighted by Crippen LogP contribution is 2.25. The van der Waals surface area contributed by atoms with Gasteiger partial charge in [0.05, 0.1) is 6.10 Å². The molecule has 2 amide bonds. The molecular weight excluding hydrogens is 308 g/mol. The van der Waals surface area contributed by atoms with Crippen LogP contribution in [0.3, 0.4) is 0 Å². The molecule has 24 heavy (non-hydrogen) atoms. The summed E-state index contributed by atoms with van der Waals surface area (Å²) in [6, 6.07) is 5.81. The predicted octanol–water partition coefficient (Wildman–Crippen LogP) is 2.52. The Morgan fingerprint density at radius 1 is 1.50 bits per heavy atom. The van der Waals surface area contributed by atoms with Crippen LogP contribution < -0.4 is 10.2 Å². The van der Waals surface area contributed by atoms with Crippen molar-refractivity contribution < 1.29 is 14.3 Å². The van der Waals surface area contributed by atoms with Crippen LogP contribution in [-0.4, -0.2) is 54.3 Å². The van der Waals surface area contributed by atoms with E-state index in [2.05, 4.69) is 10.3 Å². The number of carbonyl (C=O) groups is 1. The molecule has 1 aromatic carbocycles. The minimum atomic E-state index is -0.393. The van der Waals surface area contributed by atoms with Crippen molar-refractivity contribution in [1.82, 2.24) is 9.88 Å². The van der Waals surface area contributed by atoms with Gasteiger partial charge in [0.25, 0.3) is 6.01 Å². The molecule has 1 aromatic heterocycles. The van der Waals surface area contributed by atoms with Gasteiger partial charge in [0.15, 0.2) is 5.58 Å². The Hall–Kier alpha value is -2.28. The average molecular weight is 332 g/mol. The molecule has 3 rings (SSSR count). The molecular formula is C17H24N4O3. The van der Waals surface area contributed by atoms with Gasteiger partial charge in [0, 0.05) is 44.9 Å². The number of hydrogen-bond donors (Lipinski definition) is 2. The minimum Gasteiger partial charge on any atom is -0.423 e. The first-order valence-electron chi connectivity index (χ1n) is 8.26. The number of oxazole rings is 1. The van der Waals surface area contributed by atoms with Gasteiger partial charge in [-0.05, 0) is 31.9 Å². The molecule has 2 N–H and O–H groups in total. The van der Waals surface area contributed by atoms with Crippen LogP contribution in [0.1, 0.15) is 19.8 Å². The van der Waals surface area contributed by atoms with E-state index in [-0.39, 0.29) is 11.9 Å². The monoisotopic (exact) mass is 332 g/mol. The van der Waals surface area contributed by atoms with E-state index in [1.807, 2.05) is 26.2 Å². The second-order valence-electron chi connectivity index (χ2n) is 6.59. The maximum atomic E-state index is 12.5. The Kier molecular flexibility index (Phi) is 4.62. The van der Waals surface area contributed by atoms with Crippen LogP contribution in [0.15, 0.2) is 22.6 Å². The van der Waals surface area contributed by atoms with Crippen LogP contribution in [0.4, 0.5) is 16.5 Å². The van der Waals surface area contributed by atoms with Crippen molar-refractivity contribution in [3.05, 3.63) is 18.2 Å². The van der Waals surface area contributed by atoms with Crippen LogP contribution in [-0.2, 0) is 0 Å². The third kappa shape index (κ3) is 3.46. The number of benzene rings is 1. The van der Waals surface area contributed by atoms with E-state index in [4.69, 9.17) is 4.42 Å². The summed E-state index contributed by atoms with van der Waals surface area (Å²) >= 11 is 0. The Morgan fingerprint density at radius 3 is 3.00 bits per heavy atom. The summed E-state index contributed by atoms with van der Waals surface area (Å²) in [5.74, 6) is 0.143. The van der Waals surface area contributed by atoms with E-state index in [9.17, 15) is 9.90 Å². The molecule has 2 heterocycles. The molecule has 0 radical (unpaired) electrons. The number of urea groups is 1. The molecule has 130 valence electrons. The van der Waals surface area contributed by atoms with Gasteiger partial charge in [-0.2, -0.15) is 4.98 Å². The number of aliphatic hydroxyl groups is 1. The number of carbonyl (C=O) groups excluding carboxylic acids is 1. The molecule has 2 aromatic rings. The maximum Gasteiger partial charge on any atom is 0.321 e. The maximum absolute atomic E-state index is 12.5. The first kappa shape index (κ1) is 16.6. The highest BCUT2D eigenvalue weighted by molar-refractivity contribution is 5.91. The molecule has 7 heteroatoms. The highest BCUT2D eigenvalue weighted by atomic mass is 16.4. The number of nitrogens with zero attached hydrogens (tertiary/aromatic N) is 3. The van der Waals surface area contributed by atoms with E-state index in [1.165, 1.54) is 0 Å². The number of amides is 2. The normalized spacial score (nSPS) is 19.3. The van der Waals surface area contributed by atoms with Gasteiger partial charge in [0.2, 0.25) is 0 Å². The fourth-order valence-corrected chi connectivity index (χ4v) is 2.97. The van der Waals surface area contributed by atoms with Crippen LogP contribution in [0.5, 0.6) is 0 Å². The molecule has 7 nitrogen and oxygen atoms in total. The summed E-state index contributed by atoms with van der Waals surface area (Å²) in [4.78, 5) is 20.4. The zero-order chi connectivity index (χ0) is 17.3. The summed E-state index contributed by atoms with van der Waals surface area (Å²) in [5, 5.41) is 12.7. The standard InChI is InChI=1S/C17H24N4O3/c1-11(22)12-5-4-8-21(10-12)16(23)18-13-6-7-14-15(9-13)24-17(19-14)20(2)3/h6-7,9,11-12,22H,4-5,8,10H2,1-3H3,(H,18,23). The molecule has 1 aliphatic rings. The number of likely N-dealkylation sites (tertiary alicyclic amines) is 1. The lowest BCUT2D eigenvalue weighted by molar-refractivity contribution is 0.0766. The van der Waals surface area contributed by atoms with Crippen molar-refractivity contribution in [3.8, 4) is 0 Å². The smallest absolute Gasteiger partial charge is 0.321 e. The predicted molar refractivity (Wildman–Crippen MR) is 93.3 cm³/mol. The SMILES string of the molecule is CC(O)C1CCCN(C(=O)Nc2ccc3nc(N(C)C)oc3c2)C1. The van der Waals surface area contributed by atoms with Crippen molar-refractivity contribution in [2.45, 2.75) is 25.9 Å². The Bertz CT molecular complexity index is 726. The molecule has 0 bridgehead atoms. The Balaban J connectivity index is 1.70. The molecule has 0 saturated carbocycles. The number of aromatic nitrogens is 1. The van der Waals surface area contributed by atoms with Gasteiger partial charge in [-0.15, -0.1) is 0 Å². The van der Waals surface area contributed by atoms with Gasteiger partial charge < -0.3 is 24.6 Å². The zero-order valence-electron chi connectivity index (χ0n) is 14.3. The number of fused-ring (bicyclic) bond motifs is 1. The number of hydrogen-bond acceptors (Lipinski definition) is 5. The third-order valence-corrected chi connectivity index (χ3v) is 4.44. The van der Waals surface area contributed by atoms with Crippen molar-refractivity contribution in [2.24, 2.45) is 5.92 Å². The number of anilines is 2. The highest BCUT2D eigenvalue weighted by Gasteiger charge is 2.26. The fraction of sp³-hybridized carbons (Fsp3) is 0.529. The van der Waals surface area contributed by atoms with Gasteiger partial charge in [-0.3, -0.25) is 0 Å². The second kappa shape index (κ2) is 6.68. The summed E-state index contributed by atoms with van der Waals surface area (Å²) in [7, 11) is 3.73. The van der Waals surface area contributed by atoms with Crippen LogP contribution in [0.2, 0.25) is 0 Å². The molecule has 2 atom stereocenters. The first-order chi connectivity index (χ1) is 11.4. The number of piperidine rings is 1. The van der Waals surface area contributed by atoms with Gasteiger partial charge in [-0.1, -0.05) is 0 Å². The number of rotatable bonds is 3. The van der Waals surface area contributed by atoms with E-state index >= 15 is 0 Å². The summed E-state index contributed by atoms with van der Waals surface area (Å²) in [6.07, 6.45) is 1.48. The van der Waals surface area contributed by atoms with Crippen LogP contribution in [0.25, 0.3) is 11.1 Å². The lowest BCUT2D eigenvalue weighted by Crippen LogP contribution is -2.44. The van der Waals surface area contributed by atoms with E-state index in [0.717, 1.165) is 18.4 Å². The van der Waals surface area contributed by atoms with Crippen molar-refractivity contribution in [2.75, 3.05) is 37.4 Å². The zero-order valence-corrected chi connectivity index (χ0v) is 14.3. The summed E-state index contributed by atoms with van der Waals surface area (Å²) in [5.41, 5.74) is 2.06. The van der Waals surface area contributed by atoms with Crippen LogP contribution >= 0.6 is 0 Å². The minimum absolute atomic E-state index is 0.143. The molecule has 1 aliphatic heterocycles. The van der Waals surface area contributed by atoms with E-state index in [0.29, 0.717) is 30.4 Å². The molecule has 0 spiro atoms. The number of nitrogens with one attached hydrogen (secondary N) is 1. The lowest BCUT2D eigenvalue weighted by Gasteiger charge is -2.34. The van der Waals surface area contributed by atoms with E-state index in [1.54, 1.807) is 22.8 Å². The average Bonchev–Trinajstić information content (AvgIpc) is 2.98. The van der Waals surface area contributed by atoms with Gasteiger partial charge >= 0.3 is 6.03 Å². The Labute approximate surface area is 141 Å². The van der Waals surface area contributed by atoms with Crippen LogP contribution in [0, 0.1) is 5.92 Å². The molecule has 1 fully saturated rings. The molecule has 2 unspecified atom stereocenters. The van der Waals surface area contributed by atoms with Gasteiger partial charge in [-0.25, -0.2) is 4.79 Å². The van der Waals surface area contributed by atoms with E-state index < -0.39 is 6.10 Å². The largest absolute Gasteiger partial charge is 0.423 e. The lowest BCUT2D eigenvalue weighted by atomic mass is 9.94.